The molecular formula is C20H26N2O3S. The molecule has 2 rings (SSSR count). The lowest BCUT2D eigenvalue weighted by Crippen LogP contribution is -2.38. The lowest BCUT2D eigenvalue weighted by atomic mass is 10.1. The first-order valence-corrected chi connectivity index (χ1v) is 9.91. The van der Waals surface area contributed by atoms with E-state index >= 15 is 0 Å². The largest absolute Gasteiger partial charge is 0.351 e. The van der Waals surface area contributed by atoms with Gasteiger partial charge < -0.3 is 5.32 Å². The van der Waals surface area contributed by atoms with Crippen LogP contribution in [0.15, 0.2) is 41.3 Å². The van der Waals surface area contributed by atoms with Crippen LogP contribution in [0.2, 0.25) is 0 Å². The zero-order valence-corrected chi connectivity index (χ0v) is 16.8. The zero-order chi connectivity index (χ0) is 19.5. The van der Waals surface area contributed by atoms with Gasteiger partial charge in [0.2, 0.25) is 15.9 Å². The number of nitrogens with one attached hydrogen (secondary N) is 1. The van der Waals surface area contributed by atoms with Crippen LogP contribution in [-0.4, -0.2) is 32.2 Å². The molecule has 26 heavy (non-hydrogen) atoms. The van der Waals surface area contributed by atoms with E-state index in [4.69, 9.17) is 0 Å². The van der Waals surface area contributed by atoms with E-state index in [1.165, 1.54) is 7.05 Å². The summed E-state index contributed by atoms with van der Waals surface area (Å²) in [4.78, 5) is 12.5. The summed E-state index contributed by atoms with van der Waals surface area (Å²) in [6.07, 6.45) is 0. The second kappa shape index (κ2) is 8.01. The van der Waals surface area contributed by atoms with Crippen molar-refractivity contribution in [2.75, 3.05) is 13.6 Å². The van der Waals surface area contributed by atoms with Crippen LogP contribution in [0.3, 0.4) is 0 Å². The van der Waals surface area contributed by atoms with Crippen LogP contribution in [0.1, 0.15) is 27.8 Å². The van der Waals surface area contributed by atoms with E-state index < -0.39 is 10.0 Å². The van der Waals surface area contributed by atoms with Crippen LogP contribution in [0.25, 0.3) is 0 Å². The smallest absolute Gasteiger partial charge is 0.243 e. The Bertz CT molecular complexity index is 897. The zero-order valence-electron chi connectivity index (χ0n) is 16.0. The highest BCUT2D eigenvalue weighted by Gasteiger charge is 2.26. The molecule has 1 amide bonds. The van der Waals surface area contributed by atoms with E-state index in [1.807, 2.05) is 50.2 Å². The summed E-state index contributed by atoms with van der Waals surface area (Å²) in [5, 5.41) is 2.77. The number of rotatable bonds is 6. The maximum atomic E-state index is 12.9. The number of likely N-dealkylation sites (N-methyl/N-ethyl adjacent to an activating group) is 1. The summed E-state index contributed by atoms with van der Waals surface area (Å²) in [5.74, 6) is -0.333. The third-order valence-electron chi connectivity index (χ3n) is 4.21. The van der Waals surface area contributed by atoms with Crippen LogP contribution >= 0.6 is 0 Å². The Morgan fingerprint density at radius 3 is 2.19 bits per heavy atom. The highest BCUT2D eigenvalue weighted by molar-refractivity contribution is 7.89. The number of nitrogens with zero attached hydrogens (tertiary/aromatic N) is 1. The van der Waals surface area contributed by atoms with Crippen LogP contribution in [0, 0.1) is 27.7 Å². The first kappa shape index (κ1) is 20.1. The van der Waals surface area contributed by atoms with Crippen LogP contribution in [-0.2, 0) is 21.4 Å². The summed E-state index contributed by atoms with van der Waals surface area (Å²) in [7, 11) is -2.30. The maximum Gasteiger partial charge on any atom is 0.243 e. The fourth-order valence-corrected chi connectivity index (χ4v) is 4.63. The number of hydrogen-bond donors (Lipinski definition) is 1. The molecule has 0 saturated carbocycles. The number of amides is 1. The minimum absolute atomic E-state index is 0.221. The van der Waals surface area contributed by atoms with Crippen molar-refractivity contribution < 1.29 is 13.2 Å². The molecule has 0 atom stereocenters. The monoisotopic (exact) mass is 374 g/mol. The van der Waals surface area contributed by atoms with E-state index in [1.54, 1.807) is 13.8 Å². The second-order valence-electron chi connectivity index (χ2n) is 6.75. The predicted molar refractivity (Wildman–Crippen MR) is 103 cm³/mol. The number of carbonyl (C=O) groups excluding carboxylic acids is 1. The van der Waals surface area contributed by atoms with E-state index in [0.29, 0.717) is 17.7 Å². The molecule has 0 unspecified atom stereocenters. The van der Waals surface area contributed by atoms with Gasteiger partial charge >= 0.3 is 0 Å². The molecule has 2 aromatic carbocycles. The van der Waals surface area contributed by atoms with Crippen molar-refractivity contribution >= 4 is 15.9 Å². The predicted octanol–water partition coefficient (Wildman–Crippen LogP) is 2.86. The van der Waals surface area contributed by atoms with Gasteiger partial charge in [-0.25, -0.2) is 8.42 Å². The average molecular weight is 375 g/mol. The van der Waals surface area contributed by atoms with Gasteiger partial charge in [0.25, 0.3) is 0 Å². The molecule has 0 saturated heterocycles. The van der Waals surface area contributed by atoms with Crippen LogP contribution in [0.4, 0.5) is 0 Å². The van der Waals surface area contributed by atoms with Gasteiger partial charge in [-0.3, -0.25) is 4.79 Å². The van der Waals surface area contributed by atoms with Gasteiger partial charge in [0, 0.05) is 13.6 Å². The Kier molecular flexibility index (Phi) is 6.21. The Hall–Kier alpha value is -2.18. The summed E-state index contributed by atoms with van der Waals surface area (Å²) < 4.78 is 26.9. The van der Waals surface area contributed by atoms with Gasteiger partial charge in [0.1, 0.15) is 0 Å². The van der Waals surface area contributed by atoms with E-state index in [9.17, 15) is 13.2 Å². The van der Waals surface area contributed by atoms with Crippen molar-refractivity contribution in [1.29, 1.82) is 0 Å². The normalized spacial score (nSPS) is 11.6. The summed E-state index contributed by atoms with van der Waals surface area (Å²) in [6.45, 7) is 7.62. The van der Waals surface area contributed by atoms with Crippen LogP contribution in [0.5, 0.6) is 0 Å². The number of hydrogen-bond acceptors (Lipinski definition) is 3. The second-order valence-corrected chi connectivity index (χ2v) is 8.74. The maximum absolute atomic E-state index is 12.9. The molecule has 0 aliphatic rings. The first-order chi connectivity index (χ1) is 12.1. The molecule has 0 spiro atoms. The van der Waals surface area contributed by atoms with Gasteiger partial charge in [-0.1, -0.05) is 47.5 Å². The van der Waals surface area contributed by atoms with Gasteiger partial charge in [0.05, 0.1) is 11.4 Å². The molecule has 5 nitrogen and oxygen atoms in total. The molecule has 0 fully saturated rings. The molecular weight excluding hydrogens is 348 g/mol. The Morgan fingerprint density at radius 2 is 1.62 bits per heavy atom. The van der Waals surface area contributed by atoms with Gasteiger partial charge in [-0.15, -0.1) is 0 Å². The fraction of sp³-hybridized carbons (Fsp3) is 0.350. The first-order valence-electron chi connectivity index (χ1n) is 8.47. The van der Waals surface area contributed by atoms with Crippen molar-refractivity contribution in [3.63, 3.8) is 0 Å². The SMILES string of the molecule is Cc1cccc(CNC(=O)CN(C)S(=O)(=O)c2c(C)cc(C)cc2C)c1. The number of aryl methyl sites for hydroxylation is 4. The molecule has 6 heteroatoms. The van der Waals surface area contributed by atoms with E-state index in [2.05, 4.69) is 5.32 Å². The minimum Gasteiger partial charge on any atom is -0.351 e. The average Bonchev–Trinajstić information content (AvgIpc) is 2.51. The van der Waals surface area contributed by atoms with E-state index in [0.717, 1.165) is 21.0 Å². The molecule has 0 aliphatic heterocycles. The quantitative estimate of drug-likeness (QED) is 0.845. The summed E-state index contributed by atoms with van der Waals surface area (Å²) >= 11 is 0. The lowest BCUT2D eigenvalue weighted by Gasteiger charge is -2.20. The highest BCUT2D eigenvalue weighted by Crippen LogP contribution is 2.24. The number of sulfonamides is 1. The Balaban J connectivity index is 2.08. The molecule has 2 aromatic rings. The molecule has 1 N–H and O–H groups in total. The highest BCUT2D eigenvalue weighted by atomic mass is 32.2. The third kappa shape index (κ3) is 4.71. The van der Waals surface area contributed by atoms with Crippen molar-refractivity contribution in [2.24, 2.45) is 0 Å². The molecule has 0 aromatic heterocycles. The molecule has 140 valence electrons. The van der Waals surface area contributed by atoms with Gasteiger partial charge in [0.15, 0.2) is 0 Å². The van der Waals surface area contributed by atoms with Crippen molar-refractivity contribution in [2.45, 2.75) is 39.1 Å². The van der Waals surface area contributed by atoms with Crippen molar-refractivity contribution in [3.05, 3.63) is 64.2 Å². The lowest BCUT2D eigenvalue weighted by molar-refractivity contribution is -0.121. The topological polar surface area (TPSA) is 66.5 Å². The van der Waals surface area contributed by atoms with E-state index in [-0.39, 0.29) is 17.3 Å². The molecule has 0 heterocycles. The minimum atomic E-state index is -3.73. The molecule has 0 aliphatic carbocycles. The summed E-state index contributed by atoms with van der Waals surface area (Å²) in [5.41, 5.74) is 4.48. The standard InChI is InChI=1S/C20H26N2O3S/c1-14-7-6-8-18(11-14)12-21-19(23)13-22(5)26(24,25)20-16(3)9-15(2)10-17(20)4/h6-11H,12-13H2,1-5H3,(H,21,23). The molecule has 0 radical (unpaired) electrons. The third-order valence-corrected chi connectivity index (χ3v) is 6.32. The Labute approximate surface area is 156 Å². The van der Waals surface area contributed by atoms with Crippen molar-refractivity contribution in [3.8, 4) is 0 Å². The van der Waals surface area contributed by atoms with Gasteiger partial charge in [-0.05, 0) is 44.4 Å². The number of benzene rings is 2. The fourth-order valence-electron chi connectivity index (χ4n) is 3.10. The number of carbonyl (C=O) groups is 1. The van der Waals surface area contributed by atoms with Gasteiger partial charge in [-0.2, -0.15) is 4.31 Å². The Morgan fingerprint density at radius 1 is 1.00 bits per heavy atom. The molecule has 0 bridgehead atoms. The van der Waals surface area contributed by atoms with Crippen molar-refractivity contribution in [1.82, 2.24) is 9.62 Å². The summed E-state index contributed by atoms with van der Waals surface area (Å²) in [6, 6.07) is 11.5. The van der Waals surface area contributed by atoms with Crippen LogP contribution < -0.4 is 5.32 Å².